The number of aliphatic imine (C=N–C) groups is 1. The summed E-state index contributed by atoms with van der Waals surface area (Å²) in [5, 5.41) is 0.702. The monoisotopic (exact) mass is 366 g/mol. The number of amides is 1. The Hall–Kier alpha value is -1.34. The first kappa shape index (κ1) is 17.5. The number of nitrogens with zero attached hydrogens (tertiary/aromatic N) is 2. The maximum absolute atomic E-state index is 11.9. The van der Waals surface area contributed by atoms with E-state index >= 15 is 0 Å². The van der Waals surface area contributed by atoms with E-state index in [1.165, 1.54) is 17.3 Å². The molecule has 2 atom stereocenters. The summed E-state index contributed by atoms with van der Waals surface area (Å²) >= 11 is 1.46. The third kappa shape index (κ3) is 4.00. The van der Waals surface area contributed by atoms with Gasteiger partial charge in [-0.25, -0.2) is 8.42 Å². The molecule has 7 heteroatoms. The number of fused-ring (bicyclic) bond motifs is 1. The van der Waals surface area contributed by atoms with Crippen LogP contribution in [0.25, 0.3) is 0 Å². The van der Waals surface area contributed by atoms with Crippen LogP contribution in [0.3, 0.4) is 0 Å². The molecule has 0 N–H and O–H groups in total. The molecule has 0 unspecified atom stereocenters. The molecular formula is C17H22N2O3S2. The zero-order valence-electron chi connectivity index (χ0n) is 13.7. The van der Waals surface area contributed by atoms with Crippen molar-refractivity contribution < 1.29 is 13.2 Å². The normalized spacial score (nSPS) is 26.7. The van der Waals surface area contributed by atoms with Crippen molar-refractivity contribution in [3.8, 4) is 0 Å². The van der Waals surface area contributed by atoms with Crippen LogP contribution in [0.15, 0.2) is 35.3 Å². The summed E-state index contributed by atoms with van der Waals surface area (Å²) in [6.45, 7) is 2.64. The Balaban J connectivity index is 1.77. The van der Waals surface area contributed by atoms with Gasteiger partial charge in [0.15, 0.2) is 15.0 Å². The molecule has 2 heterocycles. The van der Waals surface area contributed by atoms with Gasteiger partial charge in [0.05, 0.1) is 17.5 Å². The van der Waals surface area contributed by atoms with E-state index in [1.807, 2.05) is 30.0 Å². The van der Waals surface area contributed by atoms with Crippen LogP contribution in [0, 0.1) is 0 Å². The lowest BCUT2D eigenvalue weighted by Crippen LogP contribution is -2.39. The van der Waals surface area contributed by atoms with Crippen LogP contribution in [0.1, 0.15) is 25.3 Å². The molecule has 2 aliphatic rings. The minimum atomic E-state index is -2.99. The van der Waals surface area contributed by atoms with Crippen LogP contribution in [0.2, 0.25) is 0 Å². The first-order chi connectivity index (χ1) is 11.5. The van der Waals surface area contributed by atoms with Crippen LogP contribution < -0.4 is 0 Å². The van der Waals surface area contributed by atoms with Crippen LogP contribution in [0.5, 0.6) is 0 Å². The molecule has 0 aromatic heterocycles. The summed E-state index contributed by atoms with van der Waals surface area (Å²) in [4.78, 5) is 18.2. The zero-order chi connectivity index (χ0) is 17.2. The van der Waals surface area contributed by atoms with Crippen LogP contribution in [0.4, 0.5) is 0 Å². The largest absolute Gasteiger partial charge is 0.346 e. The molecule has 0 aliphatic carbocycles. The standard InChI is InChI=1S/C17H22N2O3S2/c1-2-6-16(20)18-17-19(10-9-13-7-4-3-5-8-13)14-11-24(21,22)12-15(14)23-17/h3-5,7-8,14-15H,2,6,9-12H2,1H3/t14-,15-/m1/s1. The zero-order valence-corrected chi connectivity index (χ0v) is 15.4. The summed E-state index contributed by atoms with van der Waals surface area (Å²) in [5.41, 5.74) is 1.20. The summed E-state index contributed by atoms with van der Waals surface area (Å²) in [7, 11) is -2.99. The van der Waals surface area contributed by atoms with Gasteiger partial charge in [-0.3, -0.25) is 4.79 Å². The fraction of sp³-hybridized carbons (Fsp3) is 0.529. The highest BCUT2D eigenvalue weighted by Gasteiger charge is 2.48. The maximum Gasteiger partial charge on any atom is 0.248 e. The highest BCUT2D eigenvalue weighted by Crippen LogP contribution is 2.38. The number of hydrogen-bond donors (Lipinski definition) is 0. The molecule has 2 aliphatic heterocycles. The molecular weight excluding hydrogens is 344 g/mol. The molecule has 5 nitrogen and oxygen atoms in total. The van der Waals surface area contributed by atoms with Gasteiger partial charge in [-0.2, -0.15) is 4.99 Å². The topological polar surface area (TPSA) is 66.8 Å². The van der Waals surface area contributed by atoms with Gasteiger partial charge in [-0.1, -0.05) is 49.0 Å². The smallest absolute Gasteiger partial charge is 0.248 e. The lowest BCUT2D eigenvalue weighted by molar-refractivity contribution is -0.117. The third-order valence-corrected chi connectivity index (χ3v) is 7.59. The number of carbonyl (C=O) groups excluding carboxylic acids is 1. The van der Waals surface area contributed by atoms with Gasteiger partial charge in [-0.15, -0.1) is 0 Å². The lowest BCUT2D eigenvalue weighted by atomic mass is 10.1. The van der Waals surface area contributed by atoms with Crippen LogP contribution >= 0.6 is 11.8 Å². The van der Waals surface area contributed by atoms with Crippen molar-refractivity contribution in [2.45, 2.75) is 37.5 Å². The molecule has 0 saturated carbocycles. The summed E-state index contributed by atoms with van der Waals surface area (Å²) in [6.07, 6.45) is 2.02. The van der Waals surface area contributed by atoms with Gasteiger partial charge in [-0.05, 0) is 18.4 Å². The van der Waals surface area contributed by atoms with Crippen LogP contribution in [-0.2, 0) is 21.1 Å². The van der Waals surface area contributed by atoms with E-state index in [0.717, 1.165) is 12.8 Å². The van der Waals surface area contributed by atoms with E-state index in [2.05, 4.69) is 17.1 Å². The van der Waals surface area contributed by atoms with Crippen molar-refractivity contribution in [1.82, 2.24) is 4.90 Å². The van der Waals surface area contributed by atoms with Crippen molar-refractivity contribution >= 4 is 32.7 Å². The van der Waals surface area contributed by atoms with E-state index in [4.69, 9.17) is 0 Å². The van der Waals surface area contributed by atoms with Gasteiger partial charge < -0.3 is 4.90 Å². The first-order valence-corrected chi connectivity index (χ1v) is 11.0. The van der Waals surface area contributed by atoms with Crippen molar-refractivity contribution in [3.63, 3.8) is 0 Å². The average molecular weight is 367 g/mol. The molecule has 1 aromatic rings. The highest BCUT2D eigenvalue weighted by atomic mass is 32.2. The van der Waals surface area contributed by atoms with Crippen molar-refractivity contribution in [3.05, 3.63) is 35.9 Å². The van der Waals surface area contributed by atoms with E-state index in [1.54, 1.807) is 0 Å². The Labute approximate surface area is 147 Å². The predicted molar refractivity (Wildman–Crippen MR) is 98.0 cm³/mol. The van der Waals surface area contributed by atoms with E-state index in [9.17, 15) is 13.2 Å². The minimum absolute atomic E-state index is 0.000972. The Kier molecular flexibility index (Phi) is 5.30. The predicted octanol–water partition coefficient (Wildman–Crippen LogP) is 2.13. The second-order valence-electron chi connectivity index (χ2n) is 6.27. The molecule has 2 fully saturated rings. The molecule has 2 saturated heterocycles. The van der Waals surface area contributed by atoms with Gasteiger partial charge in [0, 0.05) is 18.2 Å². The molecule has 0 bridgehead atoms. The van der Waals surface area contributed by atoms with E-state index < -0.39 is 9.84 Å². The molecule has 1 amide bonds. The van der Waals surface area contributed by atoms with E-state index in [-0.39, 0.29) is 28.7 Å². The SMILES string of the molecule is CCCC(=O)N=C1S[C@@H]2CS(=O)(=O)C[C@H]2N1CCc1ccccc1. The Morgan fingerprint density at radius 1 is 1.29 bits per heavy atom. The number of sulfone groups is 1. The number of amidine groups is 1. The maximum atomic E-state index is 11.9. The summed E-state index contributed by atoms with van der Waals surface area (Å²) < 4.78 is 23.9. The van der Waals surface area contributed by atoms with Gasteiger partial charge in [0.1, 0.15) is 0 Å². The number of benzene rings is 1. The molecule has 1 aromatic carbocycles. The Bertz CT molecular complexity index is 731. The number of hydrogen-bond acceptors (Lipinski definition) is 4. The van der Waals surface area contributed by atoms with E-state index in [0.29, 0.717) is 18.1 Å². The molecule has 0 radical (unpaired) electrons. The number of rotatable bonds is 5. The molecule has 3 rings (SSSR count). The van der Waals surface area contributed by atoms with Crippen LogP contribution in [-0.4, -0.2) is 53.7 Å². The minimum Gasteiger partial charge on any atom is -0.346 e. The first-order valence-electron chi connectivity index (χ1n) is 8.27. The average Bonchev–Trinajstić information content (AvgIpc) is 2.98. The van der Waals surface area contributed by atoms with Gasteiger partial charge in [0.25, 0.3) is 0 Å². The number of thioether (sulfide) groups is 1. The number of carbonyl (C=O) groups is 1. The second kappa shape index (κ2) is 7.27. The fourth-order valence-corrected chi connectivity index (χ4v) is 7.16. The van der Waals surface area contributed by atoms with Crippen molar-refractivity contribution in [2.75, 3.05) is 18.1 Å². The molecule has 24 heavy (non-hydrogen) atoms. The Morgan fingerprint density at radius 3 is 2.75 bits per heavy atom. The molecule has 0 spiro atoms. The second-order valence-corrected chi connectivity index (χ2v) is 9.63. The molecule has 130 valence electrons. The quantitative estimate of drug-likeness (QED) is 0.799. The Morgan fingerprint density at radius 2 is 2.04 bits per heavy atom. The summed E-state index contributed by atoms with van der Waals surface area (Å²) in [6, 6.07) is 10.0. The van der Waals surface area contributed by atoms with Gasteiger partial charge >= 0.3 is 0 Å². The van der Waals surface area contributed by atoms with Gasteiger partial charge in [0.2, 0.25) is 5.91 Å². The summed E-state index contributed by atoms with van der Waals surface area (Å²) in [5.74, 6) is 0.235. The lowest BCUT2D eigenvalue weighted by Gasteiger charge is -2.24. The van der Waals surface area contributed by atoms with Crippen molar-refractivity contribution in [2.24, 2.45) is 4.99 Å². The fourth-order valence-electron chi connectivity index (χ4n) is 3.17. The third-order valence-electron chi connectivity index (χ3n) is 4.34. The van der Waals surface area contributed by atoms with Crippen molar-refractivity contribution in [1.29, 1.82) is 0 Å². The highest BCUT2D eigenvalue weighted by molar-refractivity contribution is 8.15.